The van der Waals surface area contributed by atoms with E-state index in [0.717, 1.165) is 18.8 Å². The second-order valence-corrected chi connectivity index (χ2v) is 6.99. The monoisotopic (exact) mass is 384 g/mol. The number of aromatic nitrogens is 6. The molecule has 27 heavy (non-hydrogen) atoms. The Morgan fingerprint density at radius 1 is 0.963 bits per heavy atom. The Morgan fingerprint density at radius 2 is 1.67 bits per heavy atom. The SMILES string of the molecule is CCN(CC)c1nc(N(C)C)nc(-n2cnc(SCc3ccccc3)n2)n1. The Balaban J connectivity index is 1.84. The van der Waals surface area contributed by atoms with Crippen LogP contribution >= 0.6 is 11.8 Å². The van der Waals surface area contributed by atoms with Crippen molar-refractivity contribution in [1.82, 2.24) is 29.7 Å². The van der Waals surface area contributed by atoms with Gasteiger partial charge in [-0.25, -0.2) is 4.98 Å². The number of hydrogen-bond acceptors (Lipinski definition) is 8. The highest BCUT2D eigenvalue weighted by Gasteiger charge is 2.15. The predicted octanol–water partition coefficient (Wildman–Crippen LogP) is 2.66. The van der Waals surface area contributed by atoms with Gasteiger partial charge in [0.15, 0.2) is 0 Å². The summed E-state index contributed by atoms with van der Waals surface area (Å²) in [6, 6.07) is 10.3. The molecule has 142 valence electrons. The normalized spacial score (nSPS) is 10.8. The van der Waals surface area contributed by atoms with E-state index in [1.165, 1.54) is 5.56 Å². The molecule has 0 spiro atoms. The minimum absolute atomic E-state index is 0.467. The fourth-order valence-corrected chi connectivity index (χ4v) is 3.18. The molecule has 0 saturated heterocycles. The zero-order chi connectivity index (χ0) is 19.2. The molecular weight excluding hydrogens is 360 g/mol. The van der Waals surface area contributed by atoms with E-state index in [4.69, 9.17) is 0 Å². The smallest absolute Gasteiger partial charge is 0.258 e. The highest BCUT2D eigenvalue weighted by atomic mass is 32.2. The maximum atomic E-state index is 4.59. The molecule has 2 heterocycles. The van der Waals surface area contributed by atoms with E-state index in [-0.39, 0.29) is 0 Å². The first-order valence-electron chi connectivity index (χ1n) is 8.87. The van der Waals surface area contributed by atoms with Gasteiger partial charge in [0.1, 0.15) is 6.33 Å². The molecule has 9 heteroatoms. The van der Waals surface area contributed by atoms with Crippen LogP contribution in [0.2, 0.25) is 0 Å². The summed E-state index contributed by atoms with van der Waals surface area (Å²) in [5.74, 6) is 2.52. The summed E-state index contributed by atoms with van der Waals surface area (Å²) in [4.78, 5) is 22.0. The average Bonchev–Trinajstić information content (AvgIpc) is 3.17. The first-order valence-corrected chi connectivity index (χ1v) is 9.86. The van der Waals surface area contributed by atoms with Crippen LogP contribution in [-0.2, 0) is 5.75 Å². The molecule has 0 radical (unpaired) electrons. The molecule has 2 aromatic heterocycles. The number of nitrogens with zero attached hydrogens (tertiary/aromatic N) is 8. The minimum Gasteiger partial charge on any atom is -0.347 e. The molecule has 0 fully saturated rings. The Kier molecular flexibility index (Phi) is 6.23. The zero-order valence-electron chi connectivity index (χ0n) is 16.1. The van der Waals surface area contributed by atoms with E-state index < -0.39 is 0 Å². The molecule has 8 nitrogen and oxygen atoms in total. The van der Waals surface area contributed by atoms with Gasteiger partial charge >= 0.3 is 0 Å². The summed E-state index contributed by atoms with van der Waals surface area (Å²) in [5, 5.41) is 5.22. The lowest BCUT2D eigenvalue weighted by molar-refractivity contribution is 0.741. The molecule has 0 aliphatic carbocycles. The van der Waals surface area contributed by atoms with Crippen molar-refractivity contribution >= 4 is 23.7 Å². The fourth-order valence-electron chi connectivity index (χ4n) is 2.43. The lowest BCUT2D eigenvalue weighted by Crippen LogP contribution is -2.26. The van der Waals surface area contributed by atoms with E-state index in [0.29, 0.717) is 23.0 Å². The molecule has 3 rings (SSSR count). The Labute approximate surface area is 163 Å². The zero-order valence-corrected chi connectivity index (χ0v) is 16.9. The van der Waals surface area contributed by atoms with Gasteiger partial charge in [0.2, 0.25) is 17.1 Å². The summed E-state index contributed by atoms with van der Waals surface area (Å²) >= 11 is 1.58. The van der Waals surface area contributed by atoms with E-state index in [1.54, 1.807) is 22.8 Å². The Morgan fingerprint density at radius 3 is 2.33 bits per heavy atom. The third kappa shape index (κ3) is 4.73. The molecule has 0 amide bonds. The highest BCUT2D eigenvalue weighted by Crippen LogP contribution is 2.20. The second kappa shape index (κ2) is 8.81. The van der Waals surface area contributed by atoms with Crippen molar-refractivity contribution in [3.05, 3.63) is 42.2 Å². The van der Waals surface area contributed by atoms with Crippen molar-refractivity contribution in [2.24, 2.45) is 0 Å². The molecular formula is C18H24N8S. The number of anilines is 2. The van der Waals surface area contributed by atoms with Crippen molar-refractivity contribution in [3.8, 4) is 5.95 Å². The molecule has 0 N–H and O–H groups in total. The Hall–Kier alpha value is -2.68. The number of hydrogen-bond donors (Lipinski definition) is 0. The van der Waals surface area contributed by atoms with Gasteiger partial charge in [-0.3, -0.25) is 0 Å². The van der Waals surface area contributed by atoms with Gasteiger partial charge in [-0.05, 0) is 19.4 Å². The fraction of sp³-hybridized carbons (Fsp3) is 0.389. The van der Waals surface area contributed by atoms with Crippen LogP contribution in [0.4, 0.5) is 11.9 Å². The topological polar surface area (TPSA) is 75.9 Å². The van der Waals surface area contributed by atoms with Gasteiger partial charge in [-0.1, -0.05) is 42.1 Å². The maximum Gasteiger partial charge on any atom is 0.258 e. The number of thioether (sulfide) groups is 1. The van der Waals surface area contributed by atoms with Crippen LogP contribution in [0.1, 0.15) is 19.4 Å². The molecule has 3 aromatic rings. The average molecular weight is 385 g/mol. The molecule has 1 aromatic carbocycles. The van der Waals surface area contributed by atoms with Crippen molar-refractivity contribution < 1.29 is 0 Å². The first kappa shape index (κ1) is 19.1. The van der Waals surface area contributed by atoms with Crippen molar-refractivity contribution in [2.45, 2.75) is 24.8 Å². The molecule has 0 atom stereocenters. The third-order valence-corrected chi connectivity index (χ3v) is 4.86. The van der Waals surface area contributed by atoms with Gasteiger partial charge in [0, 0.05) is 32.9 Å². The van der Waals surface area contributed by atoms with E-state index in [9.17, 15) is 0 Å². The largest absolute Gasteiger partial charge is 0.347 e. The molecule has 0 aliphatic rings. The van der Waals surface area contributed by atoms with Gasteiger partial charge in [-0.2, -0.15) is 19.6 Å². The standard InChI is InChI=1S/C18H24N8S/c1-5-25(6-2)16-20-15(24(3)4)21-17(22-16)26-13-19-18(23-26)27-12-14-10-8-7-9-11-14/h7-11,13H,5-6,12H2,1-4H3. The van der Waals surface area contributed by atoms with Crippen molar-refractivity contribution in [1.29, 1.82) is 0 Å². The summed E-state index contributed by atoms with van der Waals surface area (Å²) in [6.45, 7) is 5.80. The second-order valence-electron chi connectivity index (χ2n) is 6.05. The molecule has 0 unspecified atom stereocenters. The summed E-state index contributed by atoms with van der Waals surface area (Å²) in [5.41, 5.74) is 1.23. The van der Waals surface area contributed by atoms with Crippen LogP contribution < -0.4 is 9.80 Å². The number of benzene rings is 1. The number of rotatable bonds is 8. The third-order valence-electron chi connectivity index (χ3n) is 3.93. The van der Waals surface area contributed by atoms with Crippen molar-refractivity contribution in [2.75, 3.05) is 37.0 Å². The van der Waals surface area contributed by atoms with Crippen molar-refractivity contribution in [3.63, 3.8) is 0 Å². The van der Waals surface area contributed by atoms with Crippen LogP contribution in [0.5, 0.6) is 0 Å². The lowest BCUT2D eigenvalue weighted by atomic mass is 10.2. The molecule has 0 saturated carbocycles. The van der Waals surface area contributed by atoms with Crippen LogP contribution in [0, 0.1) is 0 Å². The quantitative estimate of drug-likeness (QED) is 0.549. The van der Waals surface area contributed by atoms with E-state index in [2.05, 4.69) is 55.9 Å². The van der Waals surface area contributed by atoms with Gasteiger partial charge < -0.3 is 9.80 Å². The van der Waals surface area contributed by atoms with Gasteiger partial charge in [0.25, 0.3) is 5.95 Å². The van der Waals surface area contributed by atoms with Crippen LogP contribution in [0.15, 0.2) is 41.8 Å². The predicted molar refractivity (Wildman–Crippen MR) is 109 cm³/mol. The summed E-state index contributed by atoms with van der Waals surface area (Å²) < 4.78 is 1.61. The van der Waals surface area contributed by atoms with Gasteiger partial charge in [0.05, 0.1) is 0 Å². The summed E-state index contributed by atoms with van der Waals surface area (Å²) in [7, 11) is 3.82. The van der Waals surface area contributed by atoms with Crippen LogP contribution in [0.25, 0.3) is 5.95 Å². The highest BCUT2D eigenvalue weighted by molar-refractivity contribution is 7.98. The van der Waals surface area contributed by atoms with E-state index in [1.807, 2.05) is 37.2 Å². The molecule has 0 bridgehead atoms. The lowest BCUT2D eigenvalue weighted by Gasteiger charge is -2.20. The van der Waals surface area contributed by atoms with Gasteiger partial charge in [-0.15, -0.1) is 5.10 Å². The maximum absolute atomic E-state index is 4.59. The minimum atomic E-state index is 0.467. The van der Waals surface area contributed by atoms with Crippen LogP contribution in [-0.4, -0.2) is 56.9 Å². The summed E-state index contributed by atoms with van der Waals surface area (Å²) in [6.07, 6.45) is 1.65. The Bertz CT molecular complexity index is 861. The molecule has 0 aliphatic heterocycles. The first-order chi connectivity index (χ1) is 13.1. The van der Waals surface area contributed by atoms with E-state index >= 15 is 0 Å². The van der Waals surface area contributed by atoms with Crippen LogP contribution in [0.3, 0.4) is 0 Å².